The van der Waals surface area contributed by atoms with Crippen LogP contribution in [0.5, 0.6) is 0 Å². The highest BCUT2D eigenvalue weighted by Crippen LogP contribution is 2.18. The molecule has 2 rings (SSSR count). The number of benzene rings is 1. The standard InChI is InChI=1S/C13H14N2O2S/c1-2-17-12(16)10-5-3-9(4-6-10)7-11-8-15-13(14)18-11/h3-6,8H,2,7H2,1H3,(H2,14,15). The molecule has 0 aliphatic rings. The molecule has 1 aromatic heterocycles. The third kappa shape index (κ3) is 3.07. The quantitative estimate of drug-likeness (QED) is 0.860. The van der Waals surface area contributed by atoms with Crippen molar-refractivity contribution < 1.29 is 9.53 Å². The molecule has 94 valence electrons. The maximum absolute atomic E-state index is 11.5. The minimum Gasteiger partial charge on any atom is -0.462 e. The van der Waals surface area contributed by atoms with E-state index in [1.54, 1.807) is 25.3 Å². The van der Waals surface area contributed by atoms with Gasteiger partial charge in [0.05, 0.1) is 12.2 Å². The zero-order chi connectivity index (χ0) is 13.0. The first-order valence-corrected chi connectivity index (χ1v) is 6.47. The number of nitrogen functional groups attached to an aromatic ring is 1. The molecule has 2 N–H and O–H groups in total. The first kappa shape index (κ1) is 12.6. The summed E-state index contributed by atoms with van der Waals surface area (Å²) in [6, 6.07) is 7.39. The lowest BCUT2D eigenvalue weighted by molar-refractivity contribution is 0.0526. The van der Waals surface area contributed by atoms with Crippen LogP contribution in [0.25, 0.3) is 0 Å². The molecule has 0 aliphatic heterocycles. The number of ether oxygens (including phenoxy) is 1. The SMILES string of the molecule is CCOC(=O)c1ccc(Cc2cnc(N)s2)cc1. The van der Waals surface area contributed by atoms with E-state index in [4.69, 9.17) is 10.5 Å². The summed E-state index contributed by atoms with van der Waals surface area (Å²) >= 11 is 1.48. The molecule has 0 amide bonds. The summed E-state index contributed by atoms with van der Waals surface area (Å²) in [7, 11) is 0. The lowest BCUT2D eigenvalue weighted by atomic mass is 10.1. The van der Waals surface area contributed by atoms with E-state index in [9.17, 15) is 4.79 Å². The maximum atomic E-state index is 11.5. The lowest BCUT2D eigenvalue weighted by Gasteiger charge is -2.03. The molecule has 5 heteroatoms. The van der Waals surface area contributed by atoms with Gasteiger partial charge < -0.3 is 10.5 Å². The number of esters is 1. The highest BCUT2D eigenvalue weighted by atomic mass is 32.1. The van der Waals surface area contributed by atoms with E-state index in [1.807, 2.05) is 12.1 Å². The van der Waals surface area contributed by atoms with Gasteiger partial charge in [0.2, 0.25) is 0 Å². The van der Waals surface area contributed by atoms with Crippen molar-refractivity contribution in [1.29, 1.82) is 0 Å². The summed E-state index contributed by atoms with van der Waals surface area (Å²) in [5, 5.41) is 0.577. The van der Waals surface area contributed by atoms with Crippen molar-refractivity contribution in [3.05, 3.63) is 46.5 Å². The molecule has 0 saturated heterocycles. The normalized spacial score (nSPS) is 10.3. The summed E-state index contributed by atoms with van der Waals surface area (Å²) in [6.45, 7) is 2.18. The van der Waals surface area contributed by atoms with E-state index in [2.05, 4.69) is 4.98 Å². The van der Waals surface area contributed by atoms with Crippen LogP contribution in [0.3, 0.4) is 0 Å². The van der Waals surface area contributed by atoms with Gasteiger partial charge in [0.25, 0.3) is 0 Å². The van der Waals surface area contributed by atoms with Gasteiger partial charge in [-0.1, -0.05) is 12.1 Å². The molecule has 0 aliphatic carbocycles. The zero-order valence-corrected chi connectivity index (χ0v) is 10.9. The topological polar surface area (TPSA) is 65.2 Å². The summed E-state index contributed by atoms with van der Waals surface area (Å²) in [5.41, 5.74) is 7.27. The number of nitrogens with zero attached hydrogens (tertiary/aromatic N) is 1. The summed E-state index contributed by atoms with van der Waals surface area (Å²) in [5.74, 6) is -0.286. The van der Waals surface area contributed by atoms with Crippen molar-refractivity contribution in [2.24, 2.45) is 0 Å². The fourth-order valence-electron chi connectivity index (χ4n) is 1.58. The van der Waals surface area contributed by atoms with E-state index >= 15 is 0 Å². The number of aromatic nitrogens is 1. The molecule has 4 nitrogen and oxygen atoms in total. The zero-order valence-electron chi connectivity index (χ0n) is 10.1. The Labute approximate surface area is 109 Å². The minimum absolute atomic E-state index is 0.286. The van der Waals surface area contributed by atoms with E-state index in [1.165, 1.54) is 11.3 Å². The molecule has 1 aromatic carbocycles. The van der Waals surface area contributed by atoms with Crippen LogP contribution < -0.4 is 5.73 Å². The van der Waals surface area contributed by atoms with Crippen molar-refractivity contribution in [3.63, 3.8) is 0 Å². The van der Waals surface area contributed by atoms with Crippen LogP contribution in [0.4, 0.5) is 5.13 Å². The number of anilines is 1. The summed E-state index contributed by atoms with van der Waals surface area (Å²) < 4.78 is 4.93. The van der Waals surface area contributed by atoms with Crippen LogP contribution in [0, 0.1) is 0 Å². The van der Waals surface area contributed by atoms with Crippen molar-refractivity contribution in [2.75, 3.05) is 12.3 Å². The third-order valence-electron chi connectivity index (χ3n) is 2.41. The minimum atomic E-state index is -0.286. The highest BCUT2D eigenvalue weighted by Gasteiger charge is 2.06. The van der Waals surface area contributed by atoms with Gasteiger partial charge in [-0.15, -0.1) is 11.3 Å². The molecule has 0 atom stereocenters. The molecular weight excluding hydrogens is 248 g/mol. The first-order chi connectivity index (χ1) is 8.69. The second kappa shape index (κ2) is 5.64. The van der Waals surface area contributed by atoms with Gasteiger partial charge in [-0.05, 0) is 24.6 Å². The number of hydrogen-bond donors (Lipinski definition) is 1. The Morgan fingerprint density at radius 3 is 2.67 bits per heavy atom. The smallest absolute Gasteiger partial charge is 0.338 e. The van der Waals surface area contributed by atoms with Crippen molar-refractivity contribution in [3.8, 4) is 0 Å². The number of hydrogen-bond acceptors (Lipinski definition) is 5. The van der Waals surface area contributed by atoms with E-state index < -0.39 is 0 Å². The van der Waals surface area contributed by atoms with Gasteiger partial charge in [0.15, 0.2) is 5.13 Å². The average Bonchev–Trinajstić information content (AvgIpc) is 2.76. The van der Waals surface area contributed by atoms with Crippen LogP contribution in [-0.2, 0) is 11.2 Å². The van der Waals surface area contributed by atoms with E-state index in [0.717, 1.165) is 16.9 Å². The van der Waals surface area contributed by atoms with E-state index in [0.29, 0.717) is 17.3 Å². The van der Waals surface area contributed by atoms with E-state index in [-0.39, 0.29) is 5.97 Å². The second-order valence-corrected chi connectivity index (χ2v) is 4.91. The Bertz CT molecular complexity index is 534. The molecule has 0 fully saturated rings. The molecule has 0 spiro atoms. The first-order valence-electron chi connectivity index (χ1n) is 5.65. The van der Waals surface area contributed by atoms with Crippen LogP contribution in [0.1, 0.15) is 27.7 Å². The molecule has 1 heterocycles. The maximum Gasteiger partial charge on any atom is 0.338 e. The lowest BCUT2D eigenvalue weighted by Crippen LogP contribution is -2.04. The fourth-order valence-corrected chi connectivity index (χ4v) is 2.30. The third-order valence-corrected chi connectivity index (χ3v) is 3.24. The molecule has 0 bridgehead atoms. The number of carbonyl (C=O) groups is 1. The Morgan fingerprint density at radius 2 is 2.11 bits per heavy atom. The number of carbonyl (C=O) groups excluding carboxylic acids is 1. The van der Waals surface area contributed by atoms with Crippen LogP contribution in [0.2, 0.25) is 0 Å². The van der Waals surface area contributed by atoms with Crippen LogP contribution >= 0.6 is 11.3 Å². The van der Waals surface area contributed by atoms with Crippen LogP contribution in [-0.4, -0.2) is 17.6 Å². The molecular formula is C13H14N2O2S. The Hall–Kier alpha value is -1.88. The Balaban J connectivity index is 2.05. The van der Waals surface area contributed by atoms with Crippen LogP contribution in [0.15, 0.2) is 30.5 Å². The molecule has 0 saturated carbocycles. The molecule has 2 aromatic rings. The van der Waals surface area contributed by atoms with Gasteiger partial charge in [-0.3, -0.25) is 0 Å². The number of thiazole rings is 1. The Kier molecular flexibility index (Phi) is 3.94. The fraction of sp³-hybridized carbons (Fsp3) is 0.231. The largest absolute Gasteiger partial charge is 0.462 e. The molecule has 0 radical (unpaired) electrons. The second-order valence-electron chi connectivity index (χ2n) is 3.76. The van der Waals surface area contributed by atoms with Crippen molar-refractivity contribution >= 4 is 22.4 Å². The monoisotopic (exact) mass is 262 g/mol. The van der Waals surface area contributed by atoms with Crippen molar-refractivity contribution in [2.45, 2.75) is 13.3 Å². The van der Waals surface area contributed by atoms with Gasteiger partial charge in [-0.2, -0.15) is 0 Å². The predicted molar refractivity (Wildman–Crippen MR) is 71.7 cm³/mol. The van der Waals surface area contributed by atoms with Gasteiger partial charge in [0.1, 0.15) is 0 Å². The molecule has 18 heavy (non-hydrogen) atoms. The molecule has 0 unspecified atom stereocenters. The highest BCUT2D eigenvalue weighted by molar-refractivity contribution is 7.15. The van der Waals surface area contributed by atoms with Gasteiger partial charge >= 0.3 is 5.97 Å². The Morgan fingerprint density at radius 1 is 1.39 bits per heavy atom. The van der Waals surface area contributed by atoms with Gasteiger partial charge in [-0.25, -0.2) is 9.78 Å². The predicted octanol–water partition coefficient (Wildman–Crippen LogP) is 2.49. The summed E-state index contributed by atoms with van der Waals surface area (Å²) in [6.07, 6.45) is 2.55. The average molecular weight is 262 g/mol. The van der Waals surface area contributed by atoms with Gasteiger partial charge in [0, 0.05) is 17.5 Å². The summed E-state index contributed by atoms with van der Waals surface area (Å²) in [4.78, 5) is 16.6. The van der Waals surface area contributed by atoms with Crippen molar-refractivity contribution in [1.82, 2.24) is 4.98 Å². The number of rotatable bonds is 4. The number of nitrogens with two attached hydrogens (primary N) is 1.